The molecule has 2 N–H and O–H groups in total. The van der Waals surface area contributed by atoms with Crippen LogP contribution in [-0.2, 0) is 0 Å². The Morgan fingerprint density at radius 1 is 0.786 bits per heavy atom. The summed E-state index contributed by atoms with van der Waals surface area (Å²) in [5.41, 5.74) is 1.01. The molecule has 1 aliphatic carbocycles. The third kappa shape index (κ3) is 5.49. The maximum Gasteiger partial charge on any atom is 0.252 e. The van der Waals surface area contributed by atoms with Crippen LogP contribution < -0.4 is 10.6 Å². The van der Waals surface area contributed by atoms with Crippen LogP contribution in [0.15, 0.2) is 48.5 Å². The van der Waals surface area contributed by atoms with Gasteiger partial charge >= 0.3 is 0 Å². The summed E-state index contributed by atoms with van der Waals surface area (Å²) in [6.07, 6.45) is 4.24. The Hall–Kier alpha value is -2.04. The van der Waals surface area contributed by atoms with Gasteiger partial charge in [0.15, 0.2) is 0 Å². The molecule has 6 heteroatoms. The van der Waals surface area contributed by atoms with Gasteiger partial charge in [-0.25, -0.2) is 0 Å². The number of hydrogen-bond acceptors (Lipinski definition) is 2. The Balaban J connectivity index is 1.46. The van der Waals surface area contributed by atoms with Crippen LogP contribution in [0.4, 0.5) is 0 Å². The van der Waals surface area contributed by atoms with E-state index in [1.54, 1.807) is 36.4 Å². The second kappa shape index (κ2) is 9.94. The van der Waals surface area contributed by atoms with Crippen LogP contribution in [0.5, 0.6) is 0 Å². The summed E-state index contributed by atoms with van der Waals surface area (Å²) in [6, 6.07) is 14.1. The van der Waals surface area contributed by atoms with E-state index in [-0.39, 0.29) is 11.8 Å². The SMILES string of the molecule is O=C(NC[C@H]1CCC[C@H](CNC(=O)c2ccccc2Cl)C1)c1ccccc1Cl. The highest BCUT2D eigenvalue weighted by Crippen LogP contribution is 2.28. The average Bonchev–Trinajstić information content (AvgIpc) is 2.71. The molecule has 2 aromatic rings. The molecule has 2 amide bonds. The van der Waals surface area contributed by atoms with Gasteiger partial charge in [-0.3, -0.25) is 9.59 Å². The van der Waals surface area contributed by atoms with Crippen molar-refractivity contribution in [2.45, 2.75) is 25.7 Å². The fraction of sp³-hybridized carbons (Fsp3) is 0.364. The summed E-state index contributed by atoms with van der Waals surface area (Å²) in [5.74, 6) is 0.532. The molecule has 0 aliphatic heterocycles. The first kappa shape index (κ1) is 20.7. The number of benzene rings is 2. The second-order valence-corrected chi connectivity index (χ2v) is 8.09. The average molecular weight is 419 g/mol. The van der Waals surface area contributed by atoms with Gasteiger partial charge in [0.1, 0.15) is 0 Å². The molecule has 0 bridgehead atoms. The first-order valence-electron chi connectivity index (χ1n) is 9.60. The van der Waals surface area contributed by atoms with Gasteiger partial charge in [-0.2, -0.15) is 0 Å². The normalized spacial score (nSPS) is 19.1. The number of carbonyl (C=O) groups excluding carboxylic acids is 2. The molecule has 28 heavy (non-hydrogen) atoms. The summed E-state index contributed by atoms with van der Waals surface area (Å²) in [6.45, 7) is 1.25. The van der Waals surface area contributed by atoms with E-state index < -0.39 is 0 Å². The quantitative estimate of drug-likeness (QED) is 0.696. The van der Waals surface area contributed by atoms with E-state index in [1.807, 2.05) is 12.1 Å². The van der Waals surface area contributed by atoms with E-state index in [9.17, 15) is 9.59 Å². The Morgan fingerprint density at radius 2 is 1.21 bits per heavy atom. The molecule has 0 heterocycles. The lowest BCUT2D eigenvalue weighted by Gasteiger charge is -2.29. The van der Waals surface area contributed by atoms with Crippen LogP contribution in [0.1, 0.15) is 46.4 Å². The van der Waals surface area contributed by atoms with Crippen molar-refractivity contribution in [1.82, 2.24) is 10.6 Å². The monoisotopic (exact) mass is 418 g/mol. The van der Waals surface area contributed by atoms with Crippen LogP contribution in [0.2, 0.25) is 10.0 Å². The summed E-state index contributed by atoms with van der Waals surface area (Å²) < 4.78 is 0. The lowest BCUT2D eigenvalue weighted by molar-refractivity contribution is 0.0935. The molecule has 148 valence electrons. The number of carbonyl (C=O) groups is 2. The largest absolute Gasteiger partial charge is 0.352 e. The molecular weight excluding hydrogens is 395 g/mol. The maximum absolute atomic E-state index is 12.3. The number of rotatable bonds is 6. The van der Waals surface area contributed by atoms with Gasteiger partial charge < -0.3 is 10.6 Å². The summed E-state index contributed by atoms with van der Waals surface area (Å²) >= 11 is 12.2. The topological polar surface area (TPSA) is 58.2 Å². The van der Waals surface area contributed by atoms with Crippen molar-refractivity contribution in [2.24, 2.45) is 11.8 Å². The van der Waals surface area contributed by atoms with Gasteiger partial charge in [0.05, 0.1) is 21.2 Å². The smallest absolute Gasteiger partial charge is 0.252 e. The van der Waals surface area contributed by atoms with Gasteiger partial charge in [-0.05, 0) is 55.4 Å². The molecular formula is C22H24Cl2N2O2. The van der Waals surface area contributed by atoms with E-state index in [2.05, 4.69) is 10.6 Å². The predicted molar refractivity (Wildman–Crippen MR) is 113 cm³/mol. The first-order chi connectivity index (χ1) is 13.5. The minimum Gasteiger partial charge on any atom is -0.352 e. The number of amides is 2. The third-order valence-electron chi connectivity index (χ3n) is 5.23. The zero-order valence-electron chi connectivity index (χ0n) is 15.6. The van der Waals surface area contributed by atoms with Crippen molar-refractivity contribution in [3.05, 3.63) is 69.7 Å². The van der Waals surface area contributed by atoms with Gasteiger partial charge in [-0.15, -0.1) is 0 Å². The fourth-order valence-corrected chi connectivity index (χ4v) is 4.17. The van der Waals surface area contributed by atoms with Crippen LogP contribution in [0.25, 0.3) is 0 Å². The van der Waals surface area contributed by atoms with Gasteiger partial charge in [0.2, 0.25) is 0 Å². The van der Waals surface area contributed by atoms with Crippen LogP contribution >= 0.6 is 23.2 Å². The molecule has 0 unspecified atom stereocenters. The van der Waals surface area contributed by atoms with E-state index in [4.69, 9.17) is 23.2 Å². The number of hydrogen-bond donors (Lipinski definition) is 2. The second-order valence-electron chi connectivity index (χ2n) is 7.28. The molecule has 0 aromatic heterocycles. The minimum atomic E-state index is -0.139. The van der Waals surface area contributed by atoms with Crippen molar-refractivity contribution in [1.29, 1.82) is 0 Å². The zero-order valence-corrected chi connectivity index (χ0v) is 17.1. The molecule has 0 spiro atoms. The van der Waals surface area contributed by atoms with Crippen molar-refractivity contribution >= 4 is 35.0 Å². The highest BCUT2D eigenvalue weighted by atomic mass is 35.5. The molecule has 3 rings (SSSR count). The van der Waals surface area contributed by atoms with Gasteiger partial charge in [0.25, 0.3) is 11.8 Å². The Kier molecular flexibility index (Phi) is 7.35. The highest BCUT2D eigenvalue weighted by Gasteiger charge is 2.23. The standard InChI is InChI=1S/C22H24Cl2N2O2/c23-19-10-3-1-8-17(19)21(27)25-13-15-6-5-7-16(12-15)14-26-22(28)18-9-2-4-11-20(18)24/h1-4,8-11,15-16H,5-7,12-14H2,(H,25,27)(H,26,28)/t15-,16-/m0/s1. The van der Waals surface area contributed by atoms with Crippen molar-refractivity contribution in [3.8, 4) is 0 Å². The molecule has 4 nitrogen and oxygen atoms in total. The maximum atomic E-state index is 12.3. The molecule has 0 radical (unpaired) electrons. The molecule has 2 atom stereocenters. The minimum absolute atomic E-state index is 0.139. The summed E-state index contributed by atoms with van der Waals surface area (Å²) in [4.78, 5) is 24.7. The number of nitrogens with one attached hydrogen (secondary N) is 2. The number of halogens is 2. The molecule has 1 saturated carbocycles. The highest BCUT2D eigenvalue weighted by molar-refractivity contribution is 6.34. The van der Waals surface area contributed by atoms with Gasteiger partial charge in [0, 0.05) is 13.1 Å². The Labute approximate surface area is 175 Å². The first-order valence-corrected chi connectivity index (χ1v) is 10.4. The van der Waals surface area contributed by atoms with Crippen molar-refractivity contribution < 1.29 is 9.59 Å². The van der Waals surface area contributed by atoms with Crippen LogP contribution in [-0.4, -0.2) is 24.9 Å². The molecule has 2 aromatic carbocycles. The van der Waals surface area contributed by atoms with E-state index in [0.29, 0.717) is 46.1 Å². The van der Waals surface area contributed by atoms with Crippen molar-refractivity contribution in [2.75, 3.05) is 13.1 Å². The van der Waals surface area contributed by atoms with Crippen LogP contribution in [0.3, 0.4) is 0 Å². The summed E-state index contributed by atoms with van der Waals surface area (Å²) in [5, 5.41) is 6.92. The molecule has 1 aliphatic rings. The Bertz CT molecular complexity index is 773. The third-order valence-corrected chi connectivity index (χ3v) is 5.89. The molecule has 0 saturated heterocycles. The van der Waals surface area contributed by atoms with Crippen LogP contribution in [0, 0.1) is 11.8 Å². The van der Waals surface area contributed by atoms with E-state index in [1.165, 1.54) is 0 Å². The predicted octanol–water partition coefficient (Wildman–Crippen LogP) is 4.96. The zero-order chi connectivity index (χ0) is 19.9. The lowest BCUT2D eigenvalue weighted by Crippen LogP contribution is -2.35. The van der Waals surface area contributed by atoms with E-state index >= 15 is 0 Å². The molecule has 1 fully saturated rings. The van der Waals surface area contributed by atoms with E-state index in [0.717, 1.165) is 25.7 Å². The fourth-order valence-electron chi connectivity index (χ4n) is 3.73. The summed E-state index contributed by atoms with van der Waals surface area (Å²) in [7, 11) is 0. The van der Waals surface area contributed by atoms with Gasteiger partial charge in [-0.1, -0.05) is 53.9 Å². The van der Waals surface area contributed by atoms with Crippen molar-refractivity contribution in [3.63, 3.8) is 0 Å². The lowest BCUT2D eigenvalue weighted by atomic mass is 9.81. The Morgan fingerprint density at radius 3 is 1.64 bits per heavy atom.